The fourth-order valence-electron chi connectivity index (χ4n) is 3.01. The Balaban J connectivity index is 1.49. The molecule has 1 aliphatic heterocycles. The summed E-state index contributed by atoms with van der Waals surface area (Å²) in [6.45, 7) is 0.277. The van der Waals surface area contributed by atoms with Crippen LogP contribution in [0.2, 0.25) is 0 Å². The first kappa shape index (κ1) is 20.1. The summed E-state index contributed by atoms with van der Waals surface area (Å²) in [7, 11) is 3.09. The van der Waals surface area contributed by atoms with Crippen molar-refractivity contribution in [2.45, 2.75) is 6.42 Å². The molecule has 0 N–H and O–H groups in total. The molecule has 2 amide bonds. The molecule has 29 heavy (non-hydrogen) atoms. The Bertz CT molecular complexity index is 931. The number of ether oxygens (including phenoxy) is 3. The van der Waals surface area contributed by atoms with E-state index in [1.54, 1.807) is 55.7 Å². The normalized spacial score (nSPS) is 13.0. The number of imide groups is 1. The summed E-state index contributed by atoms with van der Waals surface area (Å²) in [6.07, 6.45) is 3.22. The summed E-state index contributed by atoms with van der Waals surface area (Å²) in [5, 5.41) is 0. The van der Waals surface area contributed by atoms with Gasteiger partial charge in [0.15, 0.2) is 0 Å². The van der Waals surface area contributed by atoms with Crippen LogP contribution in [0.15, 0.2) is 48.5 Å². The third-order valence-electron chi connectivity index (χ3n) is 4.48. The molecule has 2 aromatic carbocycles. The molecule has 0 spiro atoms. The van der Waals surface area contributed by atoms with Gasteiger partial charge in [-0.15, -0.1) is 0 Å². The highest BCUT2D eigenvalue weighted by Gasteiger charge is 2.34. The lowest BCUT2D eigenvalue weighted by Crippen LogP contribution is -2.31. The summed E-state index contributed by atoms with van der Waals surface area (Å²) < 4.78 is 15.6. The van der Waals surface area contributed by atoms with Crippen LogP contribution in [0.3, 0.4) is 0 Å². The van der Waals surface area contributed by atoms with E-state index in [2.05, 4.69) is 0 Å². The van der Waals surface area contributed by atoms with Crippen LogP contribution < -0.4 is 9.47 Å². The van der Waals surface area contributed by atoms with Crippen molar-refractivity contribution in [2.24, 2.45) is 0 Å². The molecule has 0 bridgehead atoms. The van der Waals surface area contributed by atoms with Gasteiger partial charge in [-0.25, -0.2) is 4.79 Å². The highest BCUT2D eigenvalue weighted by Crippen LogP contribution is 2.25. The molecule has 3 rings (SSSR count). The van der Waals surface area contributed by atoms with Gasteiger partial charge in [0.1, 0.15) is 11.5 Å². The van der Waals surface area contributed by atoms with Crippen molar-refractivity contribution >= 4 is 23.9 Å². The van der Waals surface area contributed by atoms with Crippen LogP contribution in [-0.4, -0.2) is 50.1 Å². The smallest absolute Gasteiger partial charge is 0.330 e. The molecule has 0 saturated carbocycles. The topological polar surface area (TPSA) is 82.1 Å². The molecule has 2 aromatic rings. The van der Waals surface area contributed by atoms with E-state index in [0.717, 1.165) is 0 Å². The monoisotopic (exact) mass is 395 g/mol. The van der Waals surface area contributed by atoms with E-state index >= 15 is 0 Å². The second-order valence-corrected chi connectivity index (χ2v) is 6.27. The maximum absolute atomic E-state index is 12.3. The van der Waals surface area contributed by atoms with Gasteiger partial charge in [0.2, 0.25) is 0 Å². The third-order valence-corrected chi connectivity index (χ3v) is 4.48. The number of methoxy groups -OCH3 is 2. The lowest BCUT2D eigenvalue weighted by atomic mass is 10.1. The Hall–Kier alpha value is -3.61. The van der Waals surface area contributed by atoms with Gasteiger partial charge in [0.05, 0.1) is 32.0 Å². The molecule has 0 atom stereocenters. The number of esters is 1. The van der Waals surface area contributed by atoms with Gasteiger partial charge < -0.3 is 14.2 Å². The highest BCUT2D eigenvalue weighted by atomic mass is 16.5. The predicted octanol–water partition coefficient (Wildman–Crippen LogP) is 2.95. The molecule has 7 heteroatoms. The summed E-state index contributed by atoms with van der Waals surface area (Å²) in [4.78, 5) is 37.7. The van der Waals surface area contributed by atoms with Crippen LogP contribution in [-0.2, 0) is 9.53 Å². The molecule has 150 valence electrons. The van der Waals surface area contributed by atoms with Crippen molar-refractivity contribution in [1.82, 2.24) is 4.90 Å². The van der Waals surface area contributed by atoms with Crippen LogP contribution in [0.5, 0.6) is 11.5 Å². The zero-order chi connectivity index (χ0) is 20.8. The molecule has 1 aliphatic rings. The van der Waals surface area contributed by atoms with Crippen LogP contribution in [0.25, 0.3) is 6.08 Å². The van der Waals surface area contributed by atoms with Gasteiger partial charge in [0.25, 0.3) is 11.8 Å². The van der Waals surface area contributed by atoms with Gasteiger partial charge in [-0.3, -0.25) is 14.5 Å². The van der Waals surface area contributed by atoms with Crippen LogP contribution >= 0.6 is 0 Å². The number of hydrogen-bond donors (Lipinski definition) is 0. The number of benzene rings is 2. The van der Waals surface area contributed by atoms with Crippen LogP contribution in [0.4, 0.5) is 0 Å². The quantitative estimate of drug-likeness (QED) is 0.296. The second-order valence-electron chi connectivity index (χ2n) is 6.27. The summed E-state index contributed by atoms with van der Waals surface area (Å²) >= 11 is 0. The van der Waals surface area contributed by atoms with E-state index in [0.29, 0.717) is 34.6 Å². The van der Waals surface area contributed by atoms with E-state index in [-0.39, 0.29) is 25.0 Å². The van der Waals surface area contributed by atoms with E-state index in [1.807, 2.05) is 0 Å². The van der Waals surface area contributed by atoms with Crippen molar-refractivity contribution in [3.63, 3.8) is 0 Å². The molecule has 0 aromatic heterocycles. The van der Waals surface area contributed by atoms with Crippen molar-refractivity contribution in [3.05, 3.63) is 65.2 Å². The standard InChI is InChI=1S/C22H21NO6/c1-27-16-9-10-19(28-2)15(14-16)8-11-20(24)29-13-5-12-23-21(25)17-6-3-4-7-18(17)22(23)26/h3-4,6-11,14H,5,12-13H2,1-2H3/b11-8+. The average Bonchev–Trinajstić information content (AvgIpc) is 2.99. The first-order chi connectivity index (χ1) is 14.0. The predicted molar refractivity (Wildman–Crippen MR) is 106 cm³/mol. The van der Waals surface area contributed by atoms with Crippen molar-refractivity contribution in [2.75, 3.05) is 27.4 Å². The molecule has 0 radical (unpaired) electrons. The SMILES string of the molecule is COc1ccc(OC)c(/C=C/C(=O)OCCCN2C(=O)c3ccccc3C2=O)c1. The lowest BCUT2D eigenvalue weighted by Gasteiger charge is -2.13. The number of carbonyl (C=O) groups is 3. The van der Waals surface area contributed by atoms with E-state index < -0.39 is 5.97 Å². The van der Waals surface area contributed by atoms with Crippen molar-refractivity contribution < 1.29 is 28.6 Å². The summed E-state index contributed by atoms with van der Waals surface area (Å²) in [6, 6.07) is 11.9. The number of carbonyl (C=O) groups excluding carboxylic acids is 3. The third kappa shape index (κ3) is 4.45. The summed E-state index contributed by atoms with van der Waals surface area (Å²) in [5.41, 5.74) is 1.49. The number of hydrogen-bond acceptors (Lipinski definition) is 6. The van der Waals surface area contributed by atoms with Gasteiger partial charge >= 0.3 is 5.97 Å². The maximum atomic E-state index is 12.3. The molecule has 0 unspecified atom stereocenters. The Morgan fingerprint density at radius 1 is 1.00 bits per heavy atom. The average molecular weight is 395 g/mol. The molecule has 0 saturated heterocycles. The Kier molecular flexibility index (Phi) is 6.29. The van der Waals surface area contributed by atoms with Gasteiger partial charge in [-0.2, -0.15) is 0 Å². The van der Waals surface area contributed by atoms with E-state index in [1.165, 1.54) is 18.1 Å². The van der Waals surface area contributed by atoms with Crippen LogP contribution in [0.1, 0.15) is 32.7 Å². The Labute approximate surface area is 168 Å². The minimum atomic E-state index is -0.530. The van der Waals surface area contributed by atoms with Gasteiger partial charge in [-0.1, -0.05) is 12.1 Å². The van der Waals surface area contributed by atoms with Gasteiger partial charge in [-0.05, 0) is 42.8 Å². The lowest BCUT2D eigenvalue weighted by molar-refractivity contribution is -0.137. The highest BCUT2D eigenvalue weighted by molar-refractivity contribution is 6.21. The fraction of sp³-hybridized carbons (Fsp3) is 0.227. The van der Waals surface area contributed by atoms with Crippen LogP contribution in [0, 0.1) is 0 Å². The molecule has 1 heterocycles. The maximum Gasteiger partial charge on any atom is 0.330 e. The Morgan fingerprint density at radius 2 is 1.69 bits per heavy atom. The molecule has 0 aliphatic carbocycles. The zero-order valence-corrected chi connectivity index (χ0v) is 16.2. The van der Waals surface area contributed by atoms with E-state index in [9.17, 15) is 14.4 Å². The first-order valence-electron chi connectivity index (χ1n) is 9.07. The molecule has 7 nitrogen and oxygen atoms in total. The first-order valence-corrected chi connectivity index (χ1v) is 9.07. The molecular formula is C22H21NO6. The molecule has 0 fully saturated rings. The molecular weight excluding hydrogens is 374 g/mol. The number of rotatable bonds is 8. The minimum absolute atomic E-state index is 0.0891. The number of amides is 2. The zero-order valence-electron chi connectivity index (χ0n) is 16.2. The van der Waals surface area contributed by atoms with E-state index in [4.69, 9.17) is 14.2 Å². The Morgan fingerprint density at radius 3 is 2.31 bits per heavy atom. The summed E-state index contributed by atoms with van der Waals surface area (Å²) in [5.74, 6) is 0.0707. The van der Waals surface area contributed by atoms with Crippen molar-refractivity contribution in [1.29, 1.82) is 0 Å². The largest absolute Gasteiger partial charge is 0.497 e. The number of nitrogens with zero attached hydrogens (tertiary/aromatic N) is 1. The van der Waals surface area contributed by atoms with Crippen molar-refractivity contribution in [3.8, 4) is 11.5 Å². The number of fused-ring (bicyclic) bond motifs is 1. The minimum Gasteiger partial charge on any atom is -0.497 e. The van der Waals surface area contributed by atoms with Gasteiger partial charge in [0, 0.05) is 18.2 Å². The second kappa shape index (κ2) is 9.05. The fourth-order valence-corrected chi connectivity index (χ4v) is 3.01.